The first-order chi connectivity index (χ1) is 16.8. The Morgan fingerprint density at radius 1 is 1.23 bits per heavy atom. The summed E-state index contributed by atoms with van der Waals surface area (Å²) >= 11 is 6.37. The van der Waals surface area contributed by atoms with Gasteiger partial charge in [0, 0.05) is 13.0 Å². The predicted molar refractivity (Wildman–Crippen MR) is 130 cm³/mol. The zero-order chi connectivity index (χ0) is 25.1. The Morgan fingerprint density at radius 3 is 2.60 bits per heavy atom. The molecule has 184 valence electrons. The molecule has 3 heterocycles. The van der Waals surface area contributed by atoms with Gasteiger partial charge in [-0.05, 0) is 54.8 Å². The van der Waals surface area contributed by atoms with Crippen molar-refractivity contribution in [3.8, 4) is 5.75 Å². The molecule has 1 amide bonds. The van der Waals surface area contributed by atoms with Crippen molar-refractivity contribution in [1.29, 1.82) is 0 Å². The molecule has 1 aromatic carbocycles. The lowest BCUT2D eigenvalue weighted by Crippen LogP contribution is -2.31. The normalized spacial score (nSPS) is 15.4. The Labute approximate surface area is 208 Å². The van der Waals surface area contributed by atoms with E-state index in [9.17, 15) is 9.59 Å². The van der Waals surface area contributed by atoms with Crippen LogP contribution in [0.15, 0.2) is 52.2 Å². The molecular formula is C25H27ClN4O5. The van der Waals surface area contributed by atoms with Crippen molar-refractivity contribution in [3.05, 3.63) is 70.4 Å². The maximum absolute atomic E-state index is 13.1. The molecule has 0 radical (unpaired) electrons. The summed E-state index contributed by atoms with van der Waals surface area (Å²) in [5, 5.41) is 10.4. The number of aromatic nitrogens is 2. The van der Waals surface area contributed by atoms with E-state index in [4.69, 9.17) is 25.5 Å². The van der Waals surface area contributed by atoms with E-state index in [-0.39, 0.29) is 10.7 Å². The van der Waals surface area contributed by atoms with Crippen LogP contribution in [0.1, 0.15) is 53.7 Å². The minimum atomic E-state index is -0.705. The number of carbonyl (C=O) groups is 2. The smallest absolute Gasteiger partial charge is 0.343 e. The van der Waals surface area contributed by atoms with E-state index < -0.39 is 24.5 Å². The summed E-state index contributed by atoms with van der Waals surface area (Å²) in [6.07, 6.45) is 2.00. The van der Waals surface area contributed by atoms with Crippen LogP contribution in [-0.2, 0) is 16.1 Å². The Bertz CT molecular complexity index is 1230. The number of rotatable bonds is 8. The summed E-state index contributed by atoms with van der Waals surface area (Å²) in [4.78, 5) is 25.9. The maximum atomic E-state index is 13.1. The molecule has 0 fully saturated rings. The van der Waals surface area contributed by atoms with Gasteiger partial charge in [0.1, 0.15) is 28.3 Å². The van der Waals surface area contributed by atoms with Crippen molar-refractivity contribution in [1.82, 2.24) is 14.8 Å². The second-order valence-electron chi connectivity index (χ2n) is 8.65. The van der Waals surface area contributed by atoms with Gasteiger partial charge in [0.25, 0.3) is 5.91 Å². The van der Waals surface area contributed by atoms with E-state index >= 15 is 0 Å². The van der Waals surface area contributed by atoms with Crippen LogP contribution in [0.4, 0.5) is 0 Å². The van der Waals surface area contributed by atoms with Crippen molar-refractivity contribution in [3.63, 3.8) is 0 Å². The summed E-state index contributed by atoms with van der Waals surface area (Å²) < 4.78 is 17.7. The number of furan rings is 1. The zero-order valence-electron chi connectivity index (χ0n) is 20.0. The van der Waals surface area contributed by atoms with E-state index in [1.54, 1.807) is 37.1 Å². The third-order valence-corrected chi connectivity index (χ3v) is 5.98. The summed E-state index contributed by atoms with van der Waals surface area (Å²) in [6, 6.07) is 10.5. The highest BCUT2D eigenvalue weighted by Gasteiger charge is 2.35. The van der Waals surface area contributed by atoms with Gasteiger partial charge in [-0.1, -0.05) is 25.4 Å². The molecule has 0 spiro atoms. The molecule has 4 rings (SSSR count). The Hall–Kier alpha value is -3.59. The van der Waals surface area contributed by atoms with Crippen molar-refractivity contribution >= 4 is 29.2 Å². The lowest BCUT2D eigenvalue weighted by Gasteiger charge is -2.19. The Balaban J connectivity index is 1.51. The highest BCUT2D eigenvalue weighted by molar-refractivity contribution is 6.32. The highest BCUT2D eigenvalue weighted by atomic mass is 35.5. The first-order valence-electron chi connectivity index (χ1n) is 11.3. The maximum Gasteiger partial charge on any atom is 0.343 e. The number of halogens is 1. The van der Waals surface area contributed by atoms with E-state index in [0.29, 0.717) is 36.0 Å². The van der Waals surface area contributed by atoms with Crippen LogP contribution in [0, 0.1) is 12.8 Å². The lowest BCUT2D eigenvalue weighted by atomic mass is 10.0. The summed E-state index contributed by atoms with van der Waals surface area (Å²) in [6.45, 7) is 5.79. The van der Waals surface area contributed by atoms with Gasteiger partial charge in [0.05, 0.1) is 24.8 Å². The van der Waals surface area contributed by atoms with Crippen molar-refractivity contribution in [2.45, 2.75) is 39.8 Å². The molecule has 1 aliphatic heterocycles. The molecule has 2 aromatic heterocycles. The first-order valence-corrected chi connectivity index (χ1v) is 11.6. The van der Waals surface area contributed by atoms with Gasteiger partial charge in [0.15, 0.2) is 6.61 Å². The molecule has 1 aliphatic rings. The fourth-order valence-electron chi connectivity index (χ4n) is 3.92. The molecular weight excluding hydrogens is 472 g/mol. The number of methoxy groups -OCH3 is 1. The number of esters is 1. The zero-order valence-corrected chi connectivity index (χ0v) is 20.8. The standard InChI is InChI=1S/C25H27ClN4O5/c1-15(2)13-29-24(26)23(16(3)27-29)25(32)35-14-22(31)30-20(21-6-5-11-34-21)12-19(28-30)17-7-9-18(33-4)10-8-17/h5-11,15,20H,12-14H2,1-4H3. The van der Waals surface area contributed by atoms with Gasteiger partial charge >= 0.3 is 5.97 Å². The van der Waals surface area contributed by atoms with Crippen molar-refractivity contribution < 1.29 is 23.5 Å². The van der Waals surface area contributed by atoms with Gasteiger partial charge in [-0.3, -0.25) is 9.48 Å². The van der Waals surface area contributed by atoms with Gasteiger partial charge in [-0.2, -0.15) is 10.2 Å². The average Bonchev–Trinajstić information content (AvgIpc) is 3.57. The predicted octanol–water partition coefficient (Wildman–Crippen LogP) is 4.64. The number of carbonyl (C=O) groups excluding carboxylic acids is 2. The van der Waals surface area contributed by atoms with Gasteiger partial charge in [0.2, 0.25) is 0 Å². The monoisotopic (exact) mass is 498 g/mol. The molecule has 35 heavy (non-hydrogen) atoms. The molecule has 0 aliphatic carbocycles. The molecule has 0 N–H and O–H groups in total. The fourth-order valence-corrected chi connectivity index (χ4v) is 4.24. The molecule has 3 aromatic rings. The molecule has 10 heteroatoms. The van der Waals surface area contributed by atoms with Crippen LogP contribution >= 0.6 is 11.6 Å². The van der Waals surface area contributed by atoms with Gasteiger partial charge in [-0.25, -0.2) is 9.80 Å². The molecule has 1 unspecified atom stereocenters. The first kappa shape index (κ1) is 24.5. The third kappa shape index (κ3) is 5.24. The number of benzene rings is 1. The molecule has 0 saturated heterocycles. The molecule has 0 bridgehead atoms. The minimum Gasteiger partial charge on any atom is -0.497 e. The summed E-state index contributed by atoms with van der Waals surface area (Å²) in [7, 11) is 1.60. The van der Waals surface area contributed by atoms with Gasteiger partial charge < -0.3 is 13.9 Å². The number of amides is 1. The topological polar surface area (TPSA) is 99.2 Å². The minimum absolute atomic E-state index is 0.159. The summed E-state index contributed by atoms with van der Waals surface area (Å²) in [5.41, 5.74) is 2.17. The third-order valence-electron chi connectivity index (χ3n) is 5.60. The van der Waals surface area contributed by atoms with Crippen LogP contribution < -0.4 is 4.74 Å². The largest absolute Gasteiger partial charge is 0.497 e. The molecule has 9 nitrogen and oxygen atoms in total. The second kappa shape index (κ2) is 10.4. The number of ether oxygens (including phenoxy) is 2. The average molecular weight is 499 g/mol. The fraction of sp³-hybridized carbons (Fsp3) is 0.360. The molecule has 0 saturated carbocycles. The SMILES string of the molecule is COc1ccc(C2=NN(C(=O)COC(=O)c3c(C)nn(CC(C)C)c3Cl)C(c3ccco3)C2)cc1. The van der Waals surface area contributed by atoms with Crippen LogP contribution in [-0.4, -0.2) is 46.1 Å². The van der Waals surface area contributed by atoms with Crippen molar-refractivity contribution in [2.75, 3.05) is 13.7 Å². The molecule has 1 atom stereocenters. The number of aryl methyl sites for hydroxylation is 1. The summed E-state index contributed by atoms with van der Waals surface area (Å²) in [5.74, 6) is 0.422. The van der Waals surface area contributed by atoms with E-state index in [1.165, 1.54) is 5.01 Å². The van der Waals surface area contributed by atoms with Crippen molar-refractivity contribution in [2.24, 2.45) is 11.0 Å². The van der Waals surface area contributed by atoms with Crippen LogP contribution in [0.5, 0.6) is 5.75 Å². The van der Waals surface area contributed by atoms with Crippen LogP contribution in [0.2, 0.25) is 5.15 Å². The number of hydrogen-bond donors (Lipinski definition) is 0. The van der Waals surface area contributed by atoms with Gasteiger partial charge in [-0.15, -0.1) is 0 Å². The number of nitrogens with zero attached hydrogens (tertiary/aromatic N) is 4. The number of hydrogen-bond acceptors (Lipinski definition) is 7. The second-order valence-corrected chi connectivity index (χ2v) is 9.01. The van der Waals surface area contributed by atoms with Crippen LogP contribution in [0.25, 0.3) is 0 Å². The Morgan fingerprint density at radius 2 is 1.97 bits per heavy atom. The van der Waals surface area contributed by atoms with E-state index in [1.807, 2.05) is 38.1 Å². The Kier molecular flexibility index (Phi) is 7.25. The van der Waals surface area contributed by atoms with E-state index in [2.05, 4.69) is 10.2 Å². The number of hydrazone groups is 1. The highest BCUT2D eigenvalue weighted by Crippen LogP contribution is 2.33. The van der Waals surface area contributed by atoms with Crippen LogP contribution in [0.3, 0.4) is 0 Å². The lowest BCUT2D eigenvalue weighted by molar-refractivity contribution is -0.136. The van der Waals surface area contributed by atoms with E-state index in [0.717, 1.165) is 11.3 Å². The quantitative estimate of drug-likeness (QED) is 0.419.